The average molecular weight is 368 g/mol. The number of hydrogen-bond acceptors (Lipinski definition) is 4. The summed E-state index contributed by atoms with van der Waals surface area (Å²) in [6, 6.07) is 5.85. The van der Waals surface area contributed by atoms with Crippen molar-refractivity contribution in [2.75, 3.05) is 0 Å². The quantitative estimate of drug-likeness (QED) is 0.667. The number of phenolic OH excluding ortho intramolecular Hbond substituents is 1. The Morgan fingerprint density at radius 2 is 1.65 bits per heavy atom. The Morgan fingerprint density at radius 3 is 2.19 bits per heavy atom. The Hall–Kier alpha value is -3.36. The Balaban J connectivity index is 2.40. The maximum absolute atomic E-state index is 13.9. The van der Waals surface area contributed by atoms with Gasteiger partial charge in [-0.3, -0.25) is 4.79 Å². The molecule has 0 unspecified atom stereocenters. The van der Waals surface area contributed by atoms with Gasteiger partial charge in [-0.25, -0.2) is 4.79 Å². The van der Waals surface area contributed by atoms with Gasteiger partial charge in [-0.1, -0.05) is 12.1 Å². The number of carboxylic acid groups (broad SMARTS) is 1. The van der Waals surface area contributed by atoms with Crippen LogP contribution >= 0.6 is 0 Å². The number of aromatic carboxylic acids is 1. The van der Waals surface area contributed by atoms with Crippen LogP contribution in [0.15, 0.2) is 45.6 Å². The summed E-state index contributed by atoms with van der Waals surface area (Å²) in [6.07, 6.45) is -5.13. The number of rotatable bonds is 2. The highest BCUT2D eigenvalue weighted by molar-refractivity contribution is 5.89. The fraction of sp³-hybridized carbons (Fsp3) is 0.0588. The number of fused-ring (bicyclic) bond motifs is 1. The second kappa shape index (κ2) is 5.87. The first kappa shape index (κ1) is 17.5. The van der Waals surface area contributed by atoms with E-state index in [1.165, 1.54) is 0 Å². The Morgan fingerprint density at radius 1 is 1.04 bits per heavy atom. The van der Waals surface area contributed by atoms with Gasteiger partial charge < -0.3 is 14.6 Å². The molecule has 1 aromatic heterocycles. The average Bonchev–Trinajstić information content (AvgIpc) is 2.57. The second-order valence-electron chi connectivity index (χ2n) is 5.29. The number of phenols is 1. The first-order chi connectivity index (χ1) is 12.1. The van der Waals surface area contributed by atoms with E-state index in [-0.39, 0.29) is 11.1 Å². The summed E-state index contributed by atoms with van der Waals surface area (Å²) in [5.74, 6) is -5.50. The summed E-state index contributed by atoms with van der Waals surface area (Å²) in [5, 5.41) is 17.7. The number of benzene rings is 2. The summed E-state index contributed by atoms with van der Waals surface area (Å²) in [7, 11) is 0. The molecule has 0 aliphatic heterocycles. The number of carbonyl (C=O) groups is 1. The van der Waals surface area contributed by atoms with Crippen LogP contribution in [0.2, 0.25) is 0 Å². The normalized spacial score (nSPS) is 11.7. The van der Waals surface area contributed by atoms with Gasteiger partial charge in [-0.15, -0.1) is 0 Å². The molecule has 9 heteroatoms. The number of hydrogen-bond donors (Lipinski definition) is 2. The zero-order valence-electron chi connectivity index (χ0n) is 12.6. The molecule has 0 amide bonds. The molecule has 0 saturated carbocycles. The minimum atomic E-state index is -5.13. The fourth-order valence-electron chi connectivity index (χ4n) is 2.46. The van der Waals surface area contributed by atoms with Gasteiger partial charge in [0.15, 0.2) is 11.3 Å². The molecular formula is C17H8F4O5. The van der Waals surface area contributed by atoms with Crippen molar-refractivity contribution in [1.29, 1.82) is 0 Å². The molecule has 0 spiro atoms. The lowest BCUT2D eigenvalue weighted by molar-refractivity contribution is -0.152. The molecule has 5 nitrogen and oxygen atoms in total. The van der Waals surface area contributed by atoms with Crippen molar-refractivity contribution < 1.29 is 37.0 Å². The zero-order chi connectivity index (χ0) is 19.2. The smallest absolute Gasteiger partial charge is 0.450 e. The summed E-state index contributed by atoms with van der Waals surface area (Å²) >= 11 is 0. The van der Waals surface area contributed by atoms with Crippen molar-refractivity contribution in [2.45, 2.75) is 6.18 Å². The van der Waals surface area contributed by atoms with Gasteiger partial charge in [0, 0.05) is 0 Å². The van der Waals surface area contributed by atoms with Crippen molar-refractivity contribution in [3.8, 4) is 16.9 Å². The van der Waals surface area contributed by atoms with Crippen LogP contribution in [0.25, 0.3) is 22.1 Å². The third-order valence-electron chi connectivity index (χ3n) is 3.66. The van der Waals surface area contributed by atoms with E-state index in [9.17, 15) is 32.3 Å². The Kier molecular flexibility index (Phi) is 3.94. The van der Waals surface area contributed by atoms with Crippen LogP contribution in [0.1, 0.15) is 16.1 Å². The lowest BCUT2D eigenvalue weighted by atomic mass is 10.0. The highest BCUT2D eigenvalue weighted by atomic mass is 19.4. The Labute approximate surface area is 141 Å². The Bertz CT molecular complexity index is 1080. The first-order valence-electron chi connectivity index (χ1n) is 7.00. The molecule has 2 N–H and O–H groups in total. The molecule has 0 radical (unpaired) electrons. The lowest BCUT2D eigenvalue weighted by Crippen LogP contribution is -2.16. The van der Waals surface area contributed by atoms with Crippen molar-refractivity contribution in [2.24, 2.45) is 0 Å². The SMILES string of the molecule is O=C(O)c1ccc(-c2c(C(F)(F)F)oc3c(F)c(O)ccc3c2=O)cc1. The largest absolute Gasteiger partial charge is 0.505 e. The highest BCUT2D eigenvalue weighted by Crippen LogP contribution is 2.38. The molecule has 3 aromatic rings. The first-order valence-corrected chi connectivity index (χ1v) is 7.00. The summed E-state index contributed by atoms with van der Waals surface area (Å²) in [4.78, 5) is 23.4. The van der Waals surface area contributed by atoms with Crippen molar-refractivity contribution >= 4 is 16.9 Å². The van der Waals surface area contributed by atoms with E-state index in [1.807, 2.05) is 0 Å². The highest BCUT2D eigenvalue weighted by Gasteiger charge is 2.39. The fourth-order valence-corrected chi connectivity index (χ4v) is 2.46. The molecule has 2 aromatic carbocycles. The molecule has 0 fully saturated rings. The van der Waals surface area contributed by atoms with Gasteiger partial charge in [0.1, 0.15) is 0 Å². The molecule has 0 aliphatic carbocycles. The van der Waals surface area contributed by atoms with Crippen LogP contribution in [0.4, 0.5) is 17.6 Å². The van der Waals surface area contributed by atoms with Crippen LogP contribution in [0.3, 0.4) is 0 Å². The van der Waals surface area contributed by atoms with Gasteiger partial charge in [-0.05, 0) is 29.8 Å². The van der Waals surface area contributed by atoms with Crippen molar-refractivity contribution in [1.82, 2.24) is 0 Å². The second-order valence-corrected chi connectivity index (χ2v) is 5.29. The molecule has 0 bridgehead atoms. The lowest BCUT2D eigenvalue weighted by Gasteiger charge is -2.13. The summed E-state index contributed by atoms with van der Waals surface area (Å²) in [5.41, 5.74) is -3.50. The molecule has 26 heavy (non-hydrogen) atoms. The monoisotopic (exact) mass is 368 g/mol. The number of alkyl halides is 3. The predicted octanol–water partition coefficient (Wildman–Crippen LogP) is 4.02. The van der Waals surface area contributed by atoms with E-state index in [2.05, 4.69) is 4.42 Å². The maximum Gasteiger partial charge on any atom is 0.450 e. The summed E-state index contributed by atoms with van der Waals surface area (Å²) in [6.45, 7) is 0. The van der Waals surface area contributed by atoms with Crippen LogP contribution in [0.5, 0.6) is 5.75 Å². The molecule has 134 valence electrons. The minimum Gasteiger partial charge on any atom is -0.505 e. The molecule has 0 aliphatic rings. The van der Waals surface area contributed by atoms with E-state index in [0.29, 0.717) is 0 Å². The van der Waals surface area contributed by atoms with Crippen molar-refractivity contribution in [3.05, 3.63) is 63.8 Å². The third-order valence-corrected chi connectivity index (χ3v) is 3.66. The van der Waals surface area contributed by atoms with E-state index in [4.69, 9.17) is 5.11 Å². The van der Waals surface area contributed by atoms with Crippen LogP contribution in [-0.2, 0) is 6.18 Å². The van der Waals surface area contributed by atoms with Crippen LogP contribution in [-0.4, -0.2) is 16.2 Å². The topological polar surface area (TPSA) is 87.7 Å². The van der Waals surface area contributed by atoms with Gasteiger partial charge in [0.05, 0.1) is 16.5 Å². The number of carboxylic acids is 1. The number of halogens is 4. The molecule has 0 saturated heterocycles. The molecular weight excluding hydrogens is 360 g/mol. The standard InChI is InChI=1S/C17H8F4O5/c18-12-10(22)6-5-9-13(23)11(15(17(19,20)21)26-14(9)12)7-1-3-8(4-2-7)16(24)25/h1-6,22H,(H,24,25). The van der Waals surface area contributed by atoms with Gasteiger partial charge in [-0.2, -0.15) is 17.6 Å². The molecule has 3 rings (SSSR count). The van der Waals surface area contributed by atoms with E-state index >= 15 is 0 Å². The number of aromatic hydroxyl groups is 1. The summed E-state index contributed by atoms with van der Waals surface area (Å²) < 4.78 is 58.6. The van der Waals surface area contributed by atoms with Crippen LogP contribution in [0, 0.1) is 5.82 Å². The molecule has 0 atom stereocenters. The predicted molar refractivity (Wildman–Crippen MR) is 81.5 cm³/mol. The van der Waals surface area contributed by atoms with Gasteiger partial charge >= 0.3 is 12.1 Å². The maximum atomic E-state index is 13.9. The van der Waals surface area contributed by atoms with Gasteiger partial charge in [0.2, 0.25) is 17.0 Å². The minimum absolute atomic E-state index is 0.191. The zero-order valence-corrected chi connectivity index (χ0v) is 12.6. The van der Waals surface area contributed by atoms with Gasteiger partial charge in [0.25, 0.3) is 0 Å². The van der Waals surface area contributed by atoms with Crippen molar-refractivity contribution in [3.63, 3.8) is 0 Å². The third kappa shape index (κ3) is 2.77. The van der Waals surface area contributed by atoms with E-state index in [1.54, 1.807) is 0 Å². The van der Waals surface area contributed by atoms with E-state index < -0.39 is 51.4 Å². The van der Waals surface area contributed by atoms with E-state index in [0.717, 1.165) is 36.4 Å². The molecule has 1 heterocycles. The van der Waals surface area contributed by atoms with Crippen LogP contribution < -0.4 is 5.43 Å².